The number of ether oxygens (including phenoxy) is 2. The first kappa shape index (κ1) is 27.4. The molecule has 1 aliphatic rings. The highest BCUT2D eigenvalue weighted by atomic mass is 31.1. The van der Waals surface area contributed by atoms with E-state index in [4.69, 9.17) is 9.47 Å². The number of rotatable bonds is 6. The van der Waals surface area contributed by atoms with Crippen LogP contribution in [0.1, 0.15) is 0 Å². The third-order valence-corrected chi connectivity index (χ3v) is 12.4. The molecular formula is C39H30O2P2. The lowest BCUT2D eigenvalue weighted by molar-refractivity contribution is 0.361. The Morgan fingerprint density at radius 3 is 1.23 bits per heavy atom. The Kier molecular flexibility index (Phi) is 8.15. The summed E-state index contributed by atoms with van der Waals surface area (Å²) >= 11 is 0. The predicted molar refractivity (Wildman–Crippen MR) is 185 cm³/mol. The normalized spacial score (nSPS) is 12.3. The maximum absolute atomic E-state index is 6.52. The van der Waals surface area contributed by atoms with E-state index in [1.54, 1.807) is 6.26 Å². The fourth-order valence-electron chi connectivity index (χ4n) is 5.59. The van der Waals surface area contributed by atoms with Gasteiger partial charge < -0.3 is 9.47 Å². The highest BCUT2D eigenvalue weighted by molar-refractivity contribution is 7.80. The van der Waals surface area contributed by atoms with Gasteiger partial charge in [-0.15, -0.1) is 0 Å². The van der Waals surface area contributed by atoms with Crippen LogP contribution >= 0.6 is 15.8 Å². The van der Waals surface area contributed by atoms with Crippen molar-refractivity contribution in [2.75, 3.05) is 6.61 Å². The van der Waals surface area contributed by atoms with Gasteiger partial charge in [0.2, 0.25) is 0 Å². The zero-order valence-corrected chi connectivity index (χ0v) is 25.4. The van der Waals surface area contributed by atoms with E-state index in [1.807, 2.05) is 6.08 Å². The Bertz CT molecular complexity index is 1760. The summed E-state index contributed by atoms with van der Waals surface area (Å²) in [4.78, 5) is 0. The lowest BCUT2D eigenvalue weighted by atomic mass is 10.0. The van der Waals surface area contributed by atoms with E-state index in [0.717, 1.165) is 22.6 Å². The summed E-state index contributed by atoms with van der Waals surface area (Å²) in [6.07, 6.45) is 3.70. The molecule has 0 amide bonds. The molecule has 1 aliphatic heterocycles. The highest BCUT2D eigenvalue weighted by Gasteiger charge is 2.30. The second kappa shape index (κ2) is 12.8. The van der Waals surface area contributed by atoms with Crippen LogP contribution < -0.4 is 41.3 Å². The van der Waals surface area contributed by atoms with Crippen molar-refractivity contribution in [1.82, 2.24) is 0 Å². The van der Waals surface area contributed by atoms with Crippen LogP contribution in [0.5, 0.6) is 11.5 Å². The Labute approximate surface area is 255 Å². The van der Waals surface area contributed by atoms with Gasteiger partial charge >= 0.3 is 0 Å². The summed E-state index contributed by atoms with van der Waals surface area (Å²) in [5, 5.41) is 7.67. The molecule has 43 heavy (non-hydrogen) atoms. The van der Waals surface area contributed by atoms with Gasteiger partial charge in [0.05, 0.1) is 6.26 Å². The van der Waals surface area contributed by atoms with Crippen LogP contribution in [0.3, 0.4) is 0 Å². The van der Waals surface area contributed by atoms with E-state index in [9.17, 15) is 0 Å². The Morgan fingerprint density at radius 2 is 0.791 bits per heavy atom. The first-order valence-corrected chi connectivity index (χ1v) is 17.1. The van der Waals surface area contributed by atoms with Crippen molar-refractivity contribution < 1.29 is 9.47 Å². The SMILES string of the molecule is C1=COc2cccc(P(c3ccccc3)c3ccccc3)c2-c2c(cccc2P(c2ccccc2)c2ccccc2)OC1. The molecule has 0 aliphatic carbocycles. The molecule has 0 saturated carbocycles. The average Bonchev–Trinajstić information content (AvgIpc) is 3.17. The molecule has 2 nitrogen and oxygen atoms in total. The number of benzene rings is 6. The summed E-state index contributed by atoms with van der Waals surface area (Å²) in [5.41, 5.74) is 2.20. The van der Waals surface area contributed by atoms with Crippen molar-refractivity contribution in [1.29, 1.82) is 0 Å². The molecule has 4 heteroatoms. The van der Waals surface area contributed by atoms with Crippen molar-refractivity contribution in [2.24, 2.45) is 0 Å². The lowest BCUT2D eigenvalue weighted by Crippen LogP contribution is -2.26. The van der Waals surface area contributed by atoms with Gasteiger partial charge in [-0.25, -0.2) is 0 Å². The molecular weight excluding hydrogens is 562 g/mol. The molecule has 0 N–H and O–H groups in total. The fraction of sp³-hybridized carbons (Fsp3) is 0.0256. The van der Waals surface area contributed by atoms with Crippen molar-refractivity contribution >= 4 is 47.7 Å². The molecule has 0 radical (unpaired) electrons. The standard InChI is InChI=1S/C39H30O2P2/c1-5-16-30(17-6-1)42(31-18-7-2-8-19-31)36-26-13-24-34-38(36)39-35(41-29-15-28-40-34)25-14-27-37(39)43(32-20-9-3-10-21-32)33-22-11-4-12-23-33/h1-28H,29H2. The molecule has 0 saturated heterocycles. The van der Waals surface area contributed by atoms with Crippen LogP contribution in [-0.4, -0.2) is 6.61 Å². The predicted octanol–water partition coefficient (Wildman–Crippen LogP) is 7.15. The van der Waals surface area contributed by atoms with Crippen LogP contribution in [0.4, 0.5) is 0 Å². The summed E-state index contributed by atoms with van der Waals surface area (Å²) in [5.74, 6) is 1.71. The van der Waals surface area contributed by atoms with Crippen LogP contribution in [0.15, 0.2) is 170 Å². The summed E-state index contributed by atoms with van der Waals surface area (Å²) in [6, 6.07) is 56.5. The Hall–Kier alpha value is -4.48. The average molecular weight is 593 g/mol. The van der Waals surface area contributed by atoms with Crippen molar-refractivity contribution in [2.45, 2.75) is 0 Å². The summed E-state index contributed by atoms with van der Waals surface area (Å²) in [7, 11) is -1.81. The largest absolute Gasteiger partial charge is 0.489 e. The number of hydrogen-bond acceptors (Lipinski definition) is 2. The molecule has 0 unspecified atom stereocenters. The summed E-state index contributed by atoms with van der Waals surface area (Å²) in [6.45, 7) is 0.431. The first-order chi connectivity index (χ1) is 21.4. The van der Waals surface area contributed by atoms with Gasteiger partial charge in [0.1, 0.15) is 18.1 Å². The first-order valence-electron chi connectivity index (χ1n) is 14.4. The molecule has 6 aromatic rings. The Balaban J connectivity index is 1.56. The smallest absolute Gasteiger partial charge is 0.135 e. The van der Waals surface area contributed by atoms with Gasteiger partial charge in [-0.1, -0.05) is 146 Å². The topological polar surface area (TPSA) is 18.5 Å². The highest BCUT2D eigenvalue weighted by Crippen LogP contribution is 2.47. The van der Waals surface area contributed by atoms with E-state index < -0.39 is 15.8 Å². The van der Waals surface area contributed by atoms with E-state index in [1.165, 1.54) is 31.8 Å². The minimum atomic E-state index is -0.907. The molecule has 0 bridgehead atoms. The van der Waals surface area contributed by atoms with Gasteiger partial charge in [0, 0.05) is 11.1 Å². The van der Waals surface area contributed by atoms with Gasteiger partial charge in [0.15, 0.2) is 0 Å². The van der Waals surface area contributed by atoms with E-state index in [-0.39, 0.29) is 0 Å². The minimum Gasteiger partial charge on any atom is -0.489 e. The van der Waals surface area contributed by atoms with Crippen LogP contribution in [0.2, 0.25) is 0 Å². The van der Waals surface area contributed by atoms with Crippen LogP contribution in [-0.2, 0) is 0 Å². The van der Waals surface area contributed by atoms with E-state index in [2.05, 4.69) is 158 Å². The minimum absolute atomic E-state index is 0.431. The molecule has 6 aromatic carbocycles. The lowest BCUT2D eigenvalue weighted by Gasteiger charge is -2.28. The zero-order valence-electron chi connectivity index (χ0n) is 23.6. The second-order valence-electron chi connectivity index (χ2n) is 10.1. The molecule has 0 fully saturated rings. The third kappa shape index (κ3) is 5.65. The van der Waals surface area contributed by atoms with Gasteiger partial charge in [-0.05, 0) is 65.9 Å². The monoisotopic (exact) mass is 592 g/mol. The van der Waals surface area contributed by atoms with Crippen molar-refractivity contribution in [3.05, 3.63) is 170 Å². The van der Waals surface area contributed by atoms with Crippen molar-refractivity contribution in [3.8, 4) is 22.6 Å². The molecule has 208 valence electrons. The van der Waals surface area contributed by atoms with Crippen molar-refractivity contribution in [3.63, 3.8) is 0 Å². The van der Waals surface area contributed by atoms with Crippen LogP contribution in [0, 0.1) is 0 Å². The number of hydrogen-bond donors (Lipinski definition) is 0. The third-order valence-electron chi connectivity index (χ3n) is 7.42. The van der Waals surface area contributed by atoms with Gasteiger partial charge in [-0.2, -0.15) is 0 Å². The van der Waals surface area contributed by atoms with Gasteiger partial charge in [-0.3, -0.25) is 0 Å². The fourth-order valence-corrected chi connectivity index (χ4v) is 10.5. The molecule has 0 aromatic heterocycles. The zero-order chi connectivity index (χ0) is 28.8. The second-order valence-corrected chi connectivity index (χ2v) is 14.5. The molecule has 0 atom stereocenters. The van der Waals surface area contributed by atoms with E-state index >= 15 is 0 Å². The van der Waals surface area contributed by atoms with Gasteiger partial charge in [0.25, 0.3) is 0 Å². The maximum atomic E-state index is 6.52. The maximum Gasteiger partial charge on any atom is 0.135 e. The number of fused-ring (bicyclic) bond motifs is 3. The quantitative estimate of drug-likeness (QED) is 0.191. The molecule has 0 spiro atoms. The Morgan fingerprint density at radius 1 is 0.395 bits per heavy atom. The van der Waals surface area contributed by atoms with Crippen LogP contribution in [0.25, 0.3) is 11.1 Å². The molecule has 7 rings (SSSR count). The van der Waals surface area contributed by atoms with E-state index in [0.29, 0.717) is 6.61 Å². The summed E-state index contributed by atoms with van der Waals surface area (Å²) < 4.78 is 13.0. The molecule has 1 heterocycles.